The summed E-state index contributed by atoms with van der Waals surface area (Å²) >= 11 is 0. The maximum Gasteiger partial charge on any atom is 0.256 e. The predicted molar refractivity (Wildman–Crippen MR) is 60.6 cm³/mol. The molecule has 18 heavy (non-hydrogen) atoms. The molecule has 5 heteroatoms. The van der Waals surface area contributed by atoms with Crippen molar-refractivity contribution in [3.05, 3.63) is 35.1 Å². The molecule has 0 atom stereocenters. The molecule has 2 nitrogen and oxygen atoms in total. The smallest absolute Gasteiger partial charge is 0.256 e. The summed E-state index contributed by atoms with van der Waals surface area (Å²) < 4.78 is 39.3. The van der Waals surface area contributed by atoms with E-state index < -0.39 is 28.9 Å². The van der Waals surface area contributed by atoms with Crippen LogP contribution in [0.15, 0.2) is 12.1 Å². The van der Waals surface area contributed by atoms with Gasteiger partial charge in [0.25, 0.3) is 5.91 Å². The average Bonchev–Trinajstić information content (AvgIpc) is 2.36. The molecule has 98 valence electrons. The van der Waals surface area contributed by atoms with Crippen molar-refractivity contribution in [3.8, 4) is 0 Å². The Balaban J connectivity index is 2.21. The summed E-state index contributed by atoms with van der Waals surface area (Å²) in [7, 11) is 0. The molecular formula is C13H14F3NO. The molecule has 1 saturated heterocycles. The second-order valence-electron chi connectivity index (χ2n) is 4.70. The van der Waals surface area contributed by atoms with Crippen LogP contribution in [-0.2, 0) is 0 Å². The molecule has 0 bridgehead atoms. The van der Waals surface area contributed by atoms with Crippen molar-refractivity contribution in [1.82, 2.24) is 4.90 Å². The zero-order valence-electron chi connectivity index (χ0n) is 10.0. The van der Waals surface area contributed by atoms with Crippen molar-refractivity contribution in [3.63, 3.8) is 0 Å². The molecule has 1 aromatic rings. The molecule has 0 aromatic heterocycles. The molecule has 0 aliphatic carbocycles. The van der Waals surface area contributed by atoms with Crippen LogP contribution in [0.5, 0.6) is 0 Å². The monoisotopic (exact) mass is 257 g/mol. The standard InChI is InChI=1S/C13H14F3NO/c1-8-4-6-17(7-5-8)13(18)9-2-3-10(14)12(16)11(9)15/h2-3,8H,4-7H2,1H3. The fourth-order valence-electron chi connectivity index (χ4n) is 2.07. The fraction of sp³-hybridized carbons (Fsp3) is 0.462. The molecule has 1 aliphatic heterocycles. The van der Waals surface area contributed by atoms with Gasteiger partial charge in [-0.25, -0.2) is 13.2 Å². The molecule has 0 unspecified atom stereocenters. The lowest BCUT2D eigenvalue weighted by Crippen LogP contribution is -2.38. The van der Waals surface area contributed by atoms with E-state index in [0.29, 0.717) is 19.0 Å². The Morgan fingerprint density at radius 2 is 1.78 bits per heavy atom. The molecular weight excluding hydrogens is 243 g/mol. The van der Waals surface area contributed by atoms with Gasteiger partial charge in [-0.15, -0.1) is 0 Å². The van der Waals surface area contributed by atoms with Gasteiger partial charge in [0, 0.05) is 13.1 Å². The number of carbonyl (C=O) groups excluding carboxylic acids is 1. The molecule has 1 aromatic carbocycles. The summed E-state index contributed by atoms with van der Waals surface area (Å²) in [5, 5.41) is 0. The van der Waals surface area contributed by atoms with Gasteiger partial charge < -0.3 is 4.90 Å². The van der Waals surface area contributed by atoms with Crippen molar-refractivity contribution in [2.75, 3.05) is 13.1 Å². The van der Waals surface area contributed by atoms with E-state index in [2.05, 4.69) is 6.92 Å². The summed E-state index contributed by atoms with van der Waals surface area (Å²) in [5.41, 5.74) is -0.400. The van der Waals surface area contributed by atoms with Crippen LogP contribution in [0.4, 0.5) is 13.2 Å². The molecule has 1 heterocycles. The maximum atomic E-state index is 13.5. The van der Waals surface area contributed by atoms with Gasteiger partial charge in [-0.2, -0.15) is 0 Å². The Morgan fingerprint density at radius 3 is 2.39 bits per heavy atom. The molecule has 0 saturated carbocycles. The second kappa shape index (κ2) is 5.00. The number of hydrogen-bond donors (Lipinski definition) is 0. The van der Waals surface area contributed by atoms with Crippen LogP contribution < -0.4 is 0 Å². The third-order valence-electron chi connectivity index (χ3n) is 3.34. The van der Waals surface area contributed by atoms with E-state index in [1.54, 1.807) is 0 Å². The summed E-state index contributed by atoms with van der Waals surface area (Å²) in [4.78, 5) is 13.5. The zero-order chi connectivity index (χ0) is 13.3. The summed E-state index contributed by atoms with van der Waals surface area (Å²) in [6.45, 7) is 3.14. The third kappa shape index (κ3) is 2.35. The van der Waals surface area contributed by atoms with Crippen molar-refractivity contribution < 1.29 is 18.0 Å². The van der Waals surface area contributed by atoms with Gasteiger partial charge in [0.1, 0.15) is 0 Å². The largest absolute Gasteiger partial charge is 0.339 e. The molecule has 0 spiro atoms. The first kappa shape index (κ1) is 12.9. The third-order valence-corrected chi connectivity index (χ3v) is 3.34. The van der Waals surface area contributed by atoms with Gasteiger partial charge in [0.2, 0.25) is 0 Å². The Labute approximate surface area is 103 Å². The van der Waals surface area contributed by atoms with Gasteiger partial charge in [-0.05, 0) is 30.9 Å². The highest BCUT2D eigenvalue weighted by atomic mass is 19.2. The molecule has 2 rings (SSSR count). The lowest BCUT2D eigenvalue weighted by Gasteiger charge is -2.30. The summed E-state index contributed by atoms with van der Waals surface area (Å²) in [6, 6.07) is 1.77. The average molecular weight is 257 g/mol. The Morgan fingerprint density at radius 1 is 1.17 bits per heavy atom. The molecule has 1 amide bonds. The van der Waals surface area contributed by atoms with Crippen LogP contribution >= 0.6 is 0 Å². The number of carbonyl (C=O) groups is 1. The van der Waals surface area contributed by atoms with E-state index in [0.717, 1.165) is 25.0 Å². The van der Waals surface area contributed by atoms with Crippen LogP contribution in [0.2, 0.25) is 0 Å². The topological polar surface area (TPSA) is 20.3 Å². The lowest BCUT2D eigenvalue weighted by atomic mass is 9.98. The number of likely N-dealkylation sites (tertiary alicyclic amines) is 1. The SMILES string of the molecule is CC1CCN(C(=O)c2ccc(F)c(F)c2F)CC1. The number of rotatable bonds is 1. The van der Waals surface area contributed by atoms with Gasteiger partial charge in [0.05, 0.1) is 5.56 Å². The van der Waals surface area contributed by atoms with E-state index in [1.165, 1.54) is 4.90 Å². The van der Waals surface area contributed by atoms with E-state index in [-0.39, 0.29) is 0 Å². The van der Waals surface area contributed by atoms with E-state index in [4.69, 9.17) is 0 Å². The Bertz CT molecular complexity index is 468. The number of amides is 1. The van der Waals surface area contributed by atoms with Gasteiger partial charge in [-0.3, -0.25) is 4.79 Å². The van der Waals surface area contributed by atoms with Crippen LogP contribution in [-0.4, -0.2) is 23.9 Å². The summed E-state index contributed by atoms with van der Waals surface area (Å²) in [6.07, 6.45) is 1.69. The minimum atomic E-state index is -1.59. The quantitative estimate of drug-likeness (QED) is 0.708. The number of benzene rings is 1. The molecule has 1 fully saturated rings. The lowest BCUT2D eigenvalue weighted by molar-refractivity contribution is 0.0691. The number of halogens is 3. The van der Waals surface area contributed by atoms with E-state index in [9.17, 15) is 18.0 Å². The molecule has 0 N–H and O–H groups in total. The first-order chi connectivity index (χ1) is 8.50. The number of nitrogens with zero attached hydrogens (tertiary/aromatic N) is 1. The van der Waals surface area contributed by atoms with Crippen molar-refractivity contribution in [2.24, 2.45) is 5.92 Å². The maximum absolute atomic E-state index is 13.5. The predicted octanol–water partition coefficient (Wildman–Crippen LogP) is 2.98. The van der Waals surface area contributed by atoms with Crippen molar-refractivity contribution in [2.45, 2.75) is 19.8 Å². The van der Waals surface area contributed by atoms with Crippen LogP contribution in [0, 0.1) is 23.4 Å². The Hall–Kier alpha value is -1.52. The summed E-state index contributed by atoms with van der Waals surface area (Å²) in [5.74, 6) is -4.32. The number of hydrogen-bond acceptors (Lipinski definition) is 1. The minimum Gasteiger partial charge on any atom is -0.339 e. The van der Waals surface area contributed by atoms with Crippen LogP contribution in [0.25, 0.3) is 0 Å². The van der Waals surface area contributed by atoms with E-state index >= 15 is 0 Å². The highest BCUT2D eigenvalue weighted by Crippen LogP contribution is 2.21. The molecule has 1 aliphatic rings. The van der Waals surface area contributed by atoms with Gasteiger partial charge >= 0.3 is 0 Å². The minimum absolute atomic E-state index is 0.400. The normalized spacial score (nSPS) is 17.0. The van der Waals surface area contributed by atoms with Crippen molar-refractivity contribution >= 4 is 5.91 Å². The second-order valence-corrected chi connectivity index (χ2v) is 4.70. The highest BCUT2D eigenvalue weighted by Gasteiger charge is 2.25. The van der Waals surface area contributed by atoms with Crippen LogP contribution in [0.1, 0.15) is 30.1 Å². The Kier molecular flexibility index (Phi) is 3.59. The first-order valence-corrected chi connectivity index (χ1v) is 5.93. The van der Waals surface area contributed by atoms with Gasteiger partial charge in [0.15, 0.2) is 17.5 Å². The fourth-order valence-corrected chi connectivity index (χ4v) is 2.07. The molecule has 0 radical (unpaired) electrons. The first-order valence-electron chi connectivity index (χ1n) is 5.93. The van der Waals surface area contributed by atoms with Crippen LogP contribution in [0.3, 0.4) is 0 Å². The highest BCUT2D eigenvalue weighted by molar-refractivity contribution is 5.94. The van der Waals surface area contributed by atoms with E-state index in [1.807, 2.05) is 0 Å². The number of piperidine rings is 1. The van der Waals surface area contributed by atoms with Crippen molar-refractivity contribution in [1.29, 1.82) is 0 Å². The zero-order valence-corrected chi connectivity index (χ0v) is 10.0. The van der Waals surface area contributed by atoms with Gasteiger partial charge in [-0.1, -0.05) is 6.92 Å².